The largest absolute Gasteiger partial charge is 0.467 e. The second kappa shape index (κ2) is 4.96. The first-order valence-corrected chi connectivity index (χ1v) is 6.35. The Balaban J connectivity index is 1.92. The lowest BCUT2D eigenvalue weighted by molar-refractivity contribution is 0.134. The molecular formula is C15H17NO2. The highest BCUT2D eigenvalue weighted by molar-refractivity contribution is 5.67. The number of furan rings is 1. The van der Waals surface area contributed by atoms with Gasteiger partial charge in [0.05, 0.1) is 26.0 Å². The number of benzene rings is 1. The third kappa shape index (κ3) is 2.07. The van der Waals surface area contributed by atoms with Crippen molar-refractivity contribution in [1.82, 2.24) is 5.32 Å². The fourth-order valence-electron chi connectivity index (χ4n) is 2.31. The molecule has 0 amide bonds. The van der Waals surface area contributed by atoms with Crippen molar-refractivity contribution in [2.45, 2.75) is 26.7 Å². The predicted molar refractivity (Wildman–Crippen MR) is 70.0 cm³/mol. The van der Waals surface area contributed by atoms with E-state index in [1.807, 2.05) is 6.07 Å². The zero-order valence-electron chi connectivity index (χ0n) is 10.5. The van der Waals surface area contributed by atoms with E-state index in [9.17, 15) is 0 Å². The molecule has 0 spiro atoms. The van der Waals surface area contributed by atoms with E-state index < -0.39 is 0 Å². The van der Waals surface area contributed by atoms with Crippen LogP contribution >= 0.6 is 0 Å². The van der Waals surface area contributed by atoms with Gasteiger partial charge in [-0.25, -0.2) is 0 Å². The van der Waals surface area contributed by atoms with Crippen molar-refractivity contribution in [3.63, 3.8) is 0 Å². The molecule has 1 aromatic carbocycles. The highest BCUT2D eigenvalue weighted by Crippen LogP contribution is 2.29. The summed E-state index contributed by atoms with van der Waals surface area (Å²) in [6.07, 6.45) is 1.76. The van der Waals surface area contributed by atoms with Crippen LogP contribution in [-0.2, 0) is 24.5 Å². The van der Waals surface area contributed by atoms with Gasteiger partial charge >= 0.3 is 0 Å². The Morgan fingerprint density at radius 3 is 2.94 bits per heavy atom. The molecule has 0 saturated heterocycles. The Bertz CT molecular complexity index is 545. The fraction of sp³-hybridized carbons (Fsp3) is 0.333. The lowest BCUT2D eigenvalue weighted by atomic mass is 10.0. The number of ether oxygens (including phenoxy) is 1. The van der Waals surface area contributed by atoms with E-state index in [-0.39, 0.29) is 0 Å². The van der Waals surface area contributed by atoms with E-state index in [4.69, 9.17) is 9.15 Å². The first-order chi connectivity index (χ1) is 8.88. The topological polar surface area (TPSA) is 34.4 Å². The van der Waals surface area contributed by atoms with Crippen molar-refractivity contribution in [3.8, 4) is 11.1 Å². The third-order valence-electron chi connectivity index (χ3n) is 3.31. The molecule has 0 fully saturated rings. The van der Waals surface area contributed by atoms with Crippen LogP contribution in [0, 0.1) is 0 Å². The van der Waals surface area contributed by atoms with E-state index in [0.717, 1.165) is 32.1 Å². The van der Waals surface area contributed by atoms with Crippen LogP contribution in [0.5, 0.6) is 0 Å². The number of fused-ring (bicyclic) bond motifs is 1. The molecule has 1 aromatic heterocycles. The van der Waals surface area contributed by atoms with Gasteiger partial charge in [-0.1, -0.05) is 19.1 Å². The van der Waals surface area contributed by atoms with Gasteiger partial charge in [-0.3, -0.25) is 0 Å². The van der Waals surface area contributed by atoms with E-state index >= 15 is 0 Å². The summed E-state index contributed by atoms with van der Waals surface area (Å²) in [5, 5.41) is 3.29. The van der Waals surface area contributed by atoms with Gasteiger partial charge in [-0.05, 0) is 35.4 Å². The van der Waals surface area contributed by atoms with Gasteiger partial charge in [-0.2, -0.15) is 0 Å². The molecule has 2 heterocycles. The van der Waals surface area contributed by atoms with Crippen LogP contribution in [0.4, 0.5) is 0 Å². The van der Waals surface area contributed by atoms with Gasteiger partial charge in [0, 0.05) is 5.56 Å². The van der Waals surface area contributed by atoms with Crippen molar-refractivity contribution in [3.05, 3.63) is 47.4 Å². The van der Waals surface area contributed by atoms with Gasteiger partial charge in [0.2, 0.25) is 0 Å². The average molecular weight is 243 g/mol. The highest BCUT2D eigenvalue weighted by Gasteiger charge is 2.14. The SMILES string of the molecule is CCNCc1occc1-c1ccc2c(c1)COC2. The molecule has 2 aromatic rings. The lowest BCUT2D eigenvalue weighted by Gasteiger charge is -2.05. The van der Waals surface area contributed by atoms with Gasteiger partial charge < -0.3 is 14.5 Å². The molecule has 0 bridgehead atoms. The van der Waals surface area contributed by atoms with Gasteiger partial charge in [0.25, 0.3) is 0 Å². The summed E-state index contributed by atoms with van der Waals surface area (Å²) in [4.78, 5) is 0. The van der Waals surface area contributed by atoms with Crippen molar-refractivity contribution in [1.29, 1.82) is 0 Å². The highest BCUT2D eigenvalue weighted by atomic mass is 16.5. The van der Waals surface area contributed by atoms with Crippen LogP contribution in [-0.4, -0.2) is 6.54 Å². The molecule has 0 aliphatic carbocycles. The molecule has 3 heteroatoms. The lowest BCUT2D eigenvalue weighted by Crippen LogP contribution is -2.11. The van der Waals surface area contributed by atoms with Crippen LogP contribution in [0.15, 0.2) is 34.9 Å². The van der Waals surface area contributed by atoms with Gasteiger partial charge in [0.1, 0.15) is 5.76 Å². The number of hydrogen-bond acceptors (Lipinski definition) is 3. The minimum atomic E-state index is 0.726. The Hall–Kier alpha value is -1.58. The van der Waals surface area contributed by atoms with E-state index in [0.29, 0.717) is 0 Å². The molecule has 3 nitrogen and oxygen atoms in total. The summed E-state index contributed by atoms with van der Waals surface area (Å²) in [6.45, 7) is 5.27. The molecule has 1 aliphatic rings. The molecule has 3 rings (SSSR count). The molecule has 1 aliphatic heterocycles. The molecule has 0 radical (unpaired) electrons. The van der Waals surface area contributed by atoms with Gasteiger partial charge in [0.15, 0.2) is 0 Å². The average Bonchev–Trinajstić information content (AvgIpc) is 3.03. The Morgan fingerprint density at radius 1 is 1.17 bits per heavy atom. The number of hydrogen-bond donors (Lipinski definition) is 1. The maximum Gasteiger partial charge on any atom is 0.125 e. The summed E-state index contributed by atoms with van der Waals surface area (Å²) in [5.41, 5.74) is 4.98. The molecule has 94 valence electrons. The first-order valence-electron chi connectivity index (χ1n) is 6.35. The standard InChI is InChI=1S/C15H17NO2/c1-2-16-8-15-14(5-6-18-15)11-3-4-12-9-17-10-13(12)7-11/h3-7,16H,2,8-10H2,1H3. The maximum atomic E-state index is 5.55. The van der Waals surface area contributed by atoms with Crippen molar-refractivity contribution >= 4 is 0 Å². The maximum absolute atomic E-state index is 5.55. The van der Waals surface area contributed by atoms with Crippen LogP contribution in [0.25, 0.3) is 11.1 Å². The molecule has 0 unspecified atom stereocenters. The quantitative estimate of drug-likeness (QED) is 0.896. The van der Waals surface area contributed by atoms with E-state index in [2.05, 4.69) is 30.4 Å². The van der Waals surface area contributed by atoms with Crippen LogP contribution in [0.1, 0.15) is 23.8 Å². The zero-order valence-corrected chi connectivity index (χ0v) is 10.5. The fourth-order valence-corrected chi connectivity index (χ4v) is 2.31. The van der Waals surface area contributed by atoms with Crippen LogP contribution in [0.3, 0.4) is 0 Å². The van der Waals surface area contributed by atoms with E-state index in [1.165, 1.54) is 22.3 Å². The Kier molecular flexibility index (Phi) is 3.17. The molecule has 1 N–H and O–H groups in total. The number of rotatable bonds is 4. The minimum absolute atomic E-state index is 0.726. The van der Waals surface area contributed by atoms with Crippen molar-refractivity contribution in [2.24, 2.45) is 0 Å². The Labute approximate surface area is 107 Å². The minimum Gasteiger partial charge on any atom is -0.467 e. The summed E-state index contributed by atoms with van der Waals surface area (Å²) < 4.78 is 11.0. The van der Waals surface area contributed by atoms with Crippen LogP contribution in [0.2, 0.25) is 0 Å². The molecular weight excluding hydrogens is 226 g/mol. The third-order valence-corrected chi connectivity index (χ3v) is 3.31. The second-order valence-electron chi connectivity index (χ2n) is 4.51. The smallest absolute Gasteiger partial charge is 0.125 e. The Morgan fingerprint density at radius 2 is 2.06 bits per heavy atom. The second-order valence-corrected chi connectivity index (χ2v) is 4.51. The van der Waals surface area contributed by atoms with Crippen LogP contribution < -0.4 is 5.32 Å². The zero-order chi connectivity index (χ0) is 12.4. The molecule has 0 atom stereocenters. The predicted octanol–water partition coefficient (Wildman–Crippen LogP) is 3.09. The van der Waals surface area contributed by atoms with Crippen molar-refractivity contribution < 1.29 is 9.15 Å². The normalized spacial score (nSPS) is 13.8. The molecule has 18 heavy (non-hydrogen) atoms. The summed E-state index contributed by atoms with van der Waals surface area (Å²) in [6, 6.07) is 8.54. The summed E-state index contributed by atoms with van der Waals surface area (Å²) in [7, 11) is 0. The monoisotopic (exact) mass is 243 g/mol. The first kappa shape index (κ1) is 11.5. The molecule has 0 saturated carbocycles. The van der Waals surface area contributed by atoms with E-state index in [1.54, 1.807) is 6.26 Å². The van der Waals surface area contributed by atoms with Gasteiger partial charge in [-0.15, -0.1) is 0 Å². The number of nitrogens with one attached hydrogen (secondary N) is 1. The van der Waals surface area contributed by atoms with Crippen molar-refractivity contribution in [2.75, 3.05) is 6.54 Å². The summed E-state index contributed by atoms with van der Waals surface area (Å²) in [5.74, 6) is 0.996. The summed E-state index contributed by atoms with van der Waals surface area (Å²) >= 11 is 0.